The molecule has 0 radical (unpaired) electrons. The Bertz CT molecular complexity index is 1030. The van der Waals surface area contributed by atoms with Gasteiger partial charge in [-0.05, 0) is 65.0 Å². The molecule has 28 heavy (non-hydrogen) atoms. The van der Waals surface area contributed by atoms with Gasteiger partial charge in [-0.15, -0.1) is 0 Å². The molecular weight excluding hydrogens is 354 g/mol. The fraction of sp³-hybridized carbons (Fsp3) is 0.304. The zero-order chi connectivity index (χ0) is 20.5. The minimum atomic E-state index is -0.620. The minimum absolute atomic E-state index is 0.287. The summed E-state index contributed by atoms with van der Waals surface area (Å²) in [6, 6.07) is 15.2. The van der Waals surface area contributed by atoms with Gasteiger partial charge in [0.05, 0.1) is 23.1 Å². The molecule has 0 spiro atoms. The van der Waals surface area contributed by atoms with Crippen LogP contribution in [0, 0.1) is 12.3 Å². The highest BCUT2D eigenvalue weighted by Gasteiger charge is 2.26. The van der Waals surface area contributed by atoms with Crippen molar-refractivity contribution >= 4 is 22.8 Å². The first-order valence-electron chi connectivity index (χ1n) is 9.34. The van der Waals surface area contributed by atoms with Gasteiger partial charge in [0.25, 0.3) is 0 Å². The number of fused-ring (bicyclic) bond motifs is 1. The third-order valence-electron chi connectivity index (χ3n) is 4.49. The molecule has 0 aliphatic rings. The molecule has 0 bridgehead atoms. The first-order valence-corrected chi connectivity index (χ1v) is 9.34. The summed E-state index contributed by atoms with van der Waals surface area (Å²) in [5.74, 6) is -0.314. The fourth-order valence-corrected chi connectivity index (χ4v) is 3.09. The second-order valence-corrected chi connectivity index (χ2v) is 7.67. The van der Waals surface area contributed by atoms with Crippen LogP contribution in [0.3, 0.4) is 0 Å². The second-order valence-electron chi connectivity index (χ2n) is 7.67. The molecule has 0 aliphatic heterocycles. The Balaban J connectivity index is 2.20. The Morgan fingerprint density at radius 1 is 1.04 bits per heavy atom. The maximum absolute atomic E-state index is 12.7. The molecule has 0 atom stereocenters. The fourth-order valence-electron chi connectivity index (χ4n) is 3.09. The Hall–Kier alpha value is -3.08. The number of esters is 2. The van der Waals surface area contributed by atoms with E-state index in [4.69, 9.17) is 9.47 Å². The van der Waals surface area contributed by atoms with E-state index >= 15 is 0 Å². The summed E-state index contributed by atoms with van der Waals surface area (Å²) in [5.41, 5.74) is 2.43. The number of ether oxygens (including phenoxy) is 2. The second kappa shape index (κ2) is 7.50. The number of carbonyl (C=O) groups excluding carboxylic acids is 2. The summed E-state index contributed by atoms with van der Waals surface area (Å²) in [6.07, 6.45) is 0. The largest absolute Gasteiger partial charge is 0.462 e. The molecule has 146 valence electrons. The van der Waals surface area contributed by atoms with Gasteiger partial charge < -0.3 is 14.0 Å². The van der Waals surface area contributed by atoms with Gasteiger partial charge in [-0.2, -0.15) is 0 Å². The molecule has 1 aromatic heterocycles. The van der Waals surface area contributed by atoms with Crippen molar-refractivity contribution in [2.75, 3.05) is 6.61 Å². The van der Waals surface area contributed by atoms with E-state index in [1.165, 1.54) is 0 Å². The van der Waals surface area contributed by atoms with Crippen molar-refractivity contribution in [3.8, 4) is 11.4 Å². The first-order chi connectivity index (χ1) is 13.2. The van der Waals surface area contributed by atoms with Gasteiger partial charge in [0.1, 0.15) is 5.75 Å². The molecule has 5 heteroatoms. The van der Waals surface area contributed by atoms with Gasteiger partial charge in [-0.3, -0.25) is 4.79 Å². The van der Waals surface area contributed by atoms with Gasteiger partial charge in [0.2, 0.25) is 0 Å². The Kier molecular flexibility index (Phi) is 5.27. The van der Waals surface area contributed by atoms with E-state index in [1.807, 2.05) is 47.9 Å². The van der Waals surface area contributed by atoms with Crippen LogP contribution < -0.4 is 4.74 Å². The van der Waals surface area contributed by atoms with Crippen molar-refractivity contribution in [3.63, 3.8) is 0 Å². The van der Waals surface area contributed by atoms with Gasteiger partial charge in [-0.1, -0.05) is 18.2 Å². The average molecular weight is 379 g/mol. The number of para-hydroxylation sites is 1. The highest BCUT2D eigenvalue weighted by atomic mass is 16.5. The van der Waals surface area contributed by atoms with Crippen LogP contribution >= 0.6 is 0 Å². The molecule has 0 N–H and O–H groups in total. The number of benzene rings is 2. The topological polar surface area (TPSA) is 57.5 Å². The van der Waals surface area contributed by atoms with Gasteiger partial charge >= 0.3 is 11.9 Å². The summed E-state index contributed by atoms with van der Waals surface area (Å²) >= 11 is 0. The molecule has 0 amide bonds. The Labute approximate surface area is 164 Å². The van der Waals surface area contributed by atoms with Crippen LogP contribution in [0.5, 0.6) is 5.75 Å². The summed E-state index contributed by atoms with van der Waals surface area (Å²) in [4.78, 5) is 24.9. The van der Waals surface area contributed by atoms with Crippen LogP contribution in [-0.4, -0.2) is 23.1 Å². The van der Waals surface area contributed by atoms with Crippen LogP contribution in [0.15, 0.2) is 48.5 Å². The summed E-state index contributed by atoms with van der Waals surface area (Å²) in [7, 11) is 0. The quantitative estimate of drug-likeness (QED) is 0.469. The average Bonchev–Trinajstić information content (AvgIpc) is 2.93. The van der Waals surface area contributed by atoms with Crippen molar-refractivity contribution in [1.29, 1.82) is 0 Å². The number of aromatic nitrogens is 1. The lowest BCUT2D eigenvalue weighted by molar-refractivity contribution is -0.142. The summed E-state index contributed by atoms with van der Waals surface area (Å²) in [5, 5.41) is 0.694. The van der Waals surface area contributed by atoms with Gasteiger partial charge in [-0.25, -0.2) is 4.79 Å². The number of rotatable bonds is 4. The normalized spacial score (nSPS) is 11.5. The lowest BCUT2D eigenvalue weighted by atomic mass is 9.97. The minimum Gasteiger partial charge on any atom is -0.462 e. The molecule has 1 heterocycles. The van der Waals surface area contributed by atoms with Crippen molar-refractivity contribution in [1.82, 2.24) is 4.57 Å². The maximum atomic E-state index is 12.7. The van der Waals surface area contributed by atoms with E-state index in [-0.39, 0.29) is 18.5 Å². The molecule has 0 fully saturated rings. The summed E-state index contributed by atoms with van der Waals surface area (Å²) in [6.45, 7) is 9.35. The van der Waals surface area contributed by atoms with Crippen LogP contribution in [0.4, 0.5) is 0 Å². The van der Waals surface area contributed by atoms with E-state index in [0.717, 1.165) is 16.9 Å². The molecule has 2 aromatic carbocycles. The molecule has 5 nitrogen and oxygen atoms in total. The standard InChI is InChI=1S/C23H25NO4/c1-6-27-21(25)20-15(2)24(16-10-8-7-9-11-16)19-13-12-17(14-18(19)20)28-22(26)23(3,4)5/h7-14H,6H2,1-5H3. The number of hydrogen-bond donors (Lipinski definition) is 0. The van der Waals surface area contributed by atoms with Gasteiger partial charge in [0.15, 0.2) is 0 Å². The predicted octanol–water partition coefficient (Wildman–Crippen LogP) is 5.07. The smallest absolute Gasteiger partial charge is 0.340 e. The van der Waals surface area contributed by atoms with Crippen LogP contribution in [0.1, 0.15) is 43.7 Å². The highest BCUT2D eigenvalue weighted by molar-refractivity contribution is 6.07. The lowest BCUT2D eigenvalue weighted by Crippen LogP contribution is -2.25. The molecular formula is C23H25NO4. The van der Waals surface area contributed by atoms with Crippen molar-refractivity contribution in [3.05, 3.63) is 59.8 Å². The SMILES string of the molecule is CCOC(=O)c1c(C)n(-c2ccccc2)c2ccc(OC(=O)C(C)(C)C)cc12. The molecule has 0 aliphatic carbocycles. The molecule has 3 aromatic rings. The number of carbonyl (C=O) groups is 2. The third-order valence-corrected chi connectivity index (χ3v) is 4.49. The highest BCUT2D eigenvalue weighted by Crippen LogP contribution is 2.33. The monoisotopic (exact) mass is 379 g/mol. The van der Waals surface area contributed by atoms with E-state index < -0.39 is 5.41 Å². The van der Waals surface area contributed by atoms with Crippen molar-refractivity contribution in [2.45, 2.75) is 34.6 Å². The Morgan fingerprint density at radius 2 is 1.71 bits per heavy atom. The zero-order valence-electron chi connectivity index (χ0n) is 16.9. The van der Waals surface area contributed by atoms with Crippen LogP contribution in [0.2, 0.25) is 0 Å². The van der Waals surface area contributed by atoms with E-state index in [0.29, 0.717) is 16.7 Å². The molecule has 0 unspecified atom stereocenters. The van der Waals surface area contributed by atoms with E-state index in [9.17, 15) is 9.59 Å². The van der Waals surface area contributed by atoms with Crippen LogP contribution in [-0.2, 0) is 9.53 Å². The lowest BCUT2D eigenvalue weighted by Gasteiger charge is -2.16. The molecule has 3 rings (SSSR count). The molecule has 0 saturated heterocycles. The van der Waals surface area contributed by atoms with E-state index in [1.54, 1.807) is 39.8 Å². The third kappa shape index (κ3) is 3.65. The van der Waals surface area contributed by atoms with Crippen molar-refractivity contribution < 1.29 is 19.1 Å². The first kappa shape index (κ1) is 19.7. The zero-order valence-corrected chi connectivity index (χ0v) is 16.9. The summed E-state index contributed by atoms with van der Waals surface area (Å²) < 4.78 is 12.8. The van der Waals surface area contributed by atoms with E-state index in [2.05, 4.69) is 0 Å². The number of hydrogen-bond acceptors (Lipinski definition) is 4. The number of nitrogens with zero attached hydrogens (tertiary/aromatic N) is 1. The maximum Gasteiger partial charge on any atom is 0.340 e. The van der Waals surface area contributed by atoms with Crippen LogP contribution in [0.25, 0.3) is 16.6 Å². The van der Waals surface area contributed by atoms with Gasteiger partial charge in [0, 0.05) is 16.8 Å². The van der Waals surface area contributed by atoms with Crippen molar-refractivity contribution in [2.24, 2.45) is 5.41 Å². The predicted molar refractivity (Wildman–Crippen MR) is 109 cm³/mol. The Morgan fingerprint density at radius 3 is 2.32 bits per heavy atom. The molecule has 0 saturated carbocycles.